The summed E-state index contributed by atoms with van der Waals surface area (Å²) in [6.07, 6.45) is 2.34. The van der Waals surface area contributed by atoms with Gasteiger partial charge in [-0.15, -0.1) is 0 Å². The molecule has 1 amide bonds. The molecule has 0 atom stereocenters. The van der Waals surface area contributed by atoms with Crippen molar-refractivity contribution in [3.63, 3.8) is 0 Å². The highest BCUT2D eigenvalue weighted by Gasteiger charge is 2.36. The van der Waals surface area contributed by atoms with Crippen molar-refractivity contribution >= 4 is 33.3 Å². The average Bonchev–Trinajstić information content (AvgIpc) is 3.00. The van der Waals surface area contributed by atoms with Crippen LogP contribution in [0.3, 0.4) is 0 Å². The van der Waals surface area contributed by atoms with Crippen LogP contribution in [0, 0.1) is 5.82 Å². The van der Waals surface area contributed by atoms with Crippen LogP contribution in [-0.2, 0) is 4.79 Å². The number of carbonyl (C=O) groups excluding carboxylic acids is 2. The van der Waals surface area contributed by atoms with Crippen LogP contribution in [0.1, 0.15) is 23.2 Å². The number of rotatable bonds is 3. The normalized spacial score (nSPS) is 19.0. The fraction of sp³-hybridized carbons (Fsp3) is 0.429. The maximum absolute atomic E-state index is 13.6. The Kier molecular flexibility index (Phi) is 3.60. The second kappa shape index (κ2) is 5.26. The highest BCUT2D eigenvalue weighted by Crippen LogP contribution is 2.33. The van der Waals surface area contributed by atoms with Crippen LogP contribution in [0.5, 0.6) is 0 Å². The minimum atomic E-state index is -0.559. The van der Waals surface area contributed by atoms with Gasteiger partial charge >= 0.3 is 0 Å². The Morgan fingerprint density at radius 3 is 2.55 bits per heavy atom. The Hall–Kier alpha value is -1.27. The zero-order valence-corrected chi connectivity index (χ0v) is 12.5. The Balaban J connectivity index is 1.83. The molecule has 1 aromatic rings. The van der Waals surface area contributed by atoms with E-state index in [1.54, 1.807) is 0 Å². The Bertz CT molecular complexity index is 585. The summed E-state index contributed by atoms with van der Waals surface area (Å²) in [5.41, 5.74) is 0.671. The first-order valence-electron chi connectivity index (χ1n) is 6.65. The van der Waals surface area contributed by atoms with E-state index >= 15 is 0 Å². The maximum atomic E-state index is 13.6. The number of amides is 1. The van der Waals surface area contributed by atoms with Crippen molar-refractivity contribution in [2.75, 3.05) is 31.1 Å². The number of Topliss-reactive ketones (excluding diaryl/α,β-unsaturated/α-hetero) is 1. The van der Waals surface area contributed by atoms with Crippen LogP contribution in [-0.4, -0.2) is 42.8 Å². The zero-order valence-electron chi connectivity index (χ0n) is 10.9. The molecule has 6 heteroatoms. The van der Waals surface area contributed by atoms with Crippen LogP contribution >= 0.6 is 15.9 Å². The Morgan fingerprint density at radius 2 is 1.85 bits per heavy atom. The molecule has 0 aromatic heterocycles. The molecular weight excluding hydrogens is 327 g/mol. The molecule has 0 aliphatic carbocycles. The van der Waals surface area contributed by atoms with Gasteiger partial charge in [-0.1, -0.05) is 0 Å². The van der Waals surface area contributed by atoms with Crippen LogP contribution in [0.25, 0.3) is 0 Å². The van der Waals surface area contributed by atoms with Crippen LogP contribution in [0.15, 0.2) is 16.6 Å². The van der Waals surface area contributed by atoms with Gasteiger partial charge in [-0.3, -0.25) is 9.59 Å². The van der Waals surface area contributed by atoms with Gasteiger partial charge in [0.1, 0.15) is 5.82 Å². The van der Waals surface area contributed by atoms with Gasteiger partial charge in [-0.05, 0) is 54.0 Å². The Labute approximate surface area is 124 Å². The van der Waals surface area contributed by atoms with E-state index in [4.69, 9.17) is 0 Å². The molecule has 0 bridgehead atoms. The van der Waals surface area contributed by atoms with Gasteiger partial charge in [0.2, 0.25) is 0 Å². The molecule has 20 heavy (non-hydrogen) atoms. The van der Waals surface area contributed by atoms with E-state index in [2.05, 4.69) is 20.8 Å². The predicted octanol–water partition coefficient (Wildman–Crippen LogP) is 2.21. The second-order valence-electron chi connectivity index (χ2n) is 5.12. The summed E-state index contributed by atoms with van der Waals surface area (Å²) in [4.78, 5) is 27.6. The van der Waals surface area contributed by atoms with E-state index < -0.39 is 17.5 Å². The van der Waals surface area contributed by atoms with E-state index in [9.17, 15) is 14.0 Å². The molecule has 0 N–H and O–H groups in total. The summed E-state index contributed by atoms with van der Waals surface area (Å²) >= 11 is 3.04. The summed E-state index contributed by atoms with van der Waals surface area (Å²) in [5, 5.41) is 0. The predicted molar refractivity (Wildman–Crippen MR) is 76.5 cm³/mol. The minimum Gasteiger partial charge on any atom is -0.303 e. The number of likely N-dealkylation sites (tertiary alicyclic amines) is 1. The topological polar surface area (TPSA) is 40.6 Å². The third-order valence-electron chi connectivity index (χ3n) is 3.85. The smallest absolute Gasteiger partial charge is 0.299 e. The molecule has 3 rings (SSSR count). The van der Waals surface area contributed by atoms with Crippen LogP contribution in [0.2, 0.25) is 0 Å². The van der Waals surface area contributed by atoms with Gasteiger partial charge < -0.3 is 9.80 Å². The standard InChI is InChI=1S/C14H14BrFN2O2/c15-10-7-9-12(8-11(10)16)18(14(20)13(9)19)6-5-17-3-1-2-4-17/h7-8H,1-6H2. The van der Waals surface area contributed by atoms with Gasteiger partial charge in [0, 0.05) is 13.1 Å². The van der Waals surface area contributed by atoms with Gasteiger partial charge in [-0.25, -0.2) is 4.39 Å². The van der Waals surface area contributed by atoms with Gasteiger partial charge in [-0.2, -0.15) is 0 Å². The number of ketones is 1. The summed E-state index contributed by atoms with van der Waals surface area (Å²) < 4.78 is 13.8. The van der Waals surface area contributed by atoms with Gasteiger partial charge in [0.25, 0.3) is 11.7 Å². The molecule has 0 radical (unpaired) electrons. The third-order valence-corrected chi connectivity index (χ3v) is 4.46. The monoisotopic (exact) mass is 340 g/mol. The third kappa shape index (κ3) is 2.27. The van der Waals surface area contributed by atoms with Gasteiger partial charge in [0.05, 0.1) is 15.7 Å². The molecule has 2 heterocycles. The highest BCUT2D eigenvalue weighted by molar-refractivity contribution is 9.10. The molecule has 0 spiro atoms. The molecule has 0 saturated carbocycles. The summed E-state index contributed by atoms with van der Waals surface area (Å²) in [6, 6.07) is 2.65. The van der Waals surface area contributed by atoms with Crippen molar-refractivity contribution in [3.8, 4) is 0 Å². The van der Waals surface area contributed by atoms with E-state index in [1.165, 1.54) is 29.9 Å². The molecular formula is C14H14BrFN2O2. The van der Waals surface area contributed by atoms with E-state index in [0.29, 0.717) is 12.2 Å². The average molecular weight is 341 g/mol. The van der Waals surface area contributed by atoms with E-state index in [-0.39, 0.29) is 10.0 Å². The molecule has 2 aliphatic rings. The number of benzene rings is 1. The largest absolute Gasteiger partial charge is 0.303 e. The van der Waals surface area contributed by atoms with E-state index in [0.717, 1.165) is 19.6 Å². The summed E-state index contributed by atoms with van der Waals surface area (Å²) in [5.74, 6) is -1.57. The molecule has 4 nitrogen and oxygen atoms in total. The first-order chi connectivity index (χ1) is 9.58. The zero-order chi connectivity index (χ0) is 14.3. The van der Waals surface area contributed by atoms with E-state index in [1.807, 2.05) is 0 Å². The molecule has 0 unspecified atom stereocenters. The number of anilines is 1. The van der Waals surface area contributed by atoms with Crippen LogP contribution < -0.4 is 4.90 Å². The highest BCUT2D eigenvalue weighted by atomic mass is 79.9. The number of carbonyl (C=O) groups is 2. The number of hydrogen-bond donors (Lipinski definition) is 0. The Morgan fingerprint density at radius 1 is 1.15 bits per heavy atom. The lowest BCUT2D eigenvalue weighted by Gasteiger charge is -2.21. The lowest BCUT2D eigenvalue weighted by atomic mass is 10.1. The lowest BCUT2D eigenvalue weighted by molar-refractivity contribution is -0.114. The maximum Gasteiger partial charge on any atom is 0.299 e. The van der Waals surface area contributed by atoms with Crippen molar-refractivity contribution in [1.29, 1.82) is 0 Å². The van der Waals surface area contributed by atoms with Crippen molar-refractivity contribution in [1.82, 2.24) is 4.90 Å². The van der Waals surface area contributed by atoms with Crippen LogP contribution in [0.4, 0.5) is 10.1 Å². The molecule has 106 valence electrons. The van der Waals surface area contributed by atoms with Crippen molar-refractivity contribution in [2.45, 2.75) is 12.8 Å². The number of fused-ring (bicyclic) bond motifs is 1. The molecule has 1 fully saturated rings. The van der Waals surface area contributed by atoms with Crippen molar-refractivity contribution in [3.05, 3.63) is 28.0 Å². The molecule has 2 aliphatic heterocycles. The van der Waals surface area contributed by atoms with Gasteiger partial charge in [0.15, 0.2) is 0 Å². The molecule has 1 aromatic carbocycles. The molecule has 1 saturated heterocycles. The quantitative estimate of drug-likeness (QED) is 0.792. The first kappa shape index (κ1) is 13.7. The number of nitrogens with zero attached hydrogens (tertiary/aromatic N) is 2. The lowest BCUT2D eigenvalue weighted by Crippen LogP contribution is -2.37. The summed E-state index contributed by atoms with van der Waals surface area (Å²) in [7, 11) is 0. The van der Waals surface area contributed by atoms with Crippen molar-refractivity contribution < 1.29 is 14.0 Å². The SMILES string of the molecule is O=C1C(=O)N(CCN2CCCC2)c2cc(F)c(Br)cc21. The van der Waals surface area contributed by atoms with Crippen molar-refractivity contribution in [2.24, 2.45) is 0 Å². The fourth-order valence-corrected chi connectivity index (χ4v) is 3.10. The first-order valence-corrected chi connectivity index (χ1v) is 7.45. The minimum absolute atomic E-state index is 0.207. The number of halogens is 2. The fourth-order valence-electron chi connectivity index (χ4n) is 2.76. The summed E-state index contributed by atoms with van der Waals surface area (Å²) in [6.45, 7) is 3.20. The second-order valence-corrected chi connectivity index (χ2v) is 5.97. The number of hydrogen-bond acceptors (Lipinski definition) is 3.